The van der Waals surface area contributed by atoms with Gasteiger partial charge in [-0.2, -0.15) is 0 Å². The van der Waals surface area contributed by atoms with Crippen molar-refractivity contribution in [1.29, 1.82) is 0 Å². The van der Waals surface area contributed by atoms with Crippen molar-refractivity contribution < 1.29 is 14.0 Å². The van der Waals surface area contributed by atoms with Gasteiger partial charge in [-0.05, 0) is 49.8 Å². The van der Waals surface area contributed by atoms with Gasteiger partial charge in [0.1, 0.15) is 5.82 Å². The molecule has 2 aliphatic rings. The van der Waals surface area contributed by atoms with Crippen molar-refractivity contribution in [3.63, 3.8) is 0 Å². The summed E-state index contributed by atoms with van der Waals surface area (Å²) in [5.41, 5.74) is 6.02. The molecular weight excluding hydrogens is 371 g/mol. The van der Waals surface area contributed by atoms with Crippen LogP contribution >= 0.6 is 12.4 Å². The third-order valence-corrected chi connectivity index (χ3v) is 5.36. The van der Waals surface area contributed by atoms with Crippen LogP contribution in [0.4, 0.5) is 14.9 Å². The van der Waals surface area contributed by atoms with Gasteiger partial charge in [-0.3, -0.25) is 4.79 Å². The van der Waals surface area contributed by atoms with Gasteiger partial charge < -0.3 is 21.3 Å². The lowest BCUT2D eigenvalue weighted by Crippen LogP contribution is -2.56. The molecule has 1 aromatic rings. The first-order valence-corrected chi connectivity index (χ1v) is 9.35. The van der Waals surface area contributed by atoms with Crippen LogP contribution in [0.5, 0.6) is 0 Å². The number of nitrogens with two attached hydrogens (primary N) is 1. The van der Waals surface area contributed by atoms with Gasteiger partial charge in [0, 0.05) is 25.3 Å². The lowest BCUT2D eigenvalue weighted by Gasteiger charge is -2.37. The fraction of sp³-hybridized carbons (Fsp3) is 0.579. The molecule has 1 aromatic carbocycles. The number of benzene rings is 1. The molecule has 1 atom stereocenters. The van der Waals surface area contributed by atoms with E-state index in [0.29, 0.717) is 18.8 Å². The van der Waals surface area contributed by atoms with E-state index in [1.165, 1.54) is 12.1 Å². The minimum absolute atomic E-state index is 0. The van der Waals surface area contributed by atoms with Crippen LogP contribution < -0.4 is 16.4 Å². The molecule has 3 amide bonds. The first-order valence-electron chi connectivity index (χ1n) is 9.35. The number of hydrogen-bond donors (Lipinski definition) is 3. The minimum atomic E-state index is -0.690. The summed E-state index contributed by atoms with van der Waals surface area (Å²) in [6, 6.07) is 5.40. The summed E-state index contributed by atoms with van der Waals surface area (Å²) in [6.45, 7) is 1.84. The van der Waals surface area contributed by atoms with E-state index in [9.17, 15) is 14.0 Å². The summed E-state index contributed by atoms with van der Waals surface area (Å²) >= 11 is 0. The van der Waals surface area contributed by atoms with Gasteiger partial charge in [0.05, 0.1) is 5.54 Å². The molecule has 27 heavy (non-hydrogen) atoms. The van der Waals surface area contributed by atoms with Gasteiger partial charge in [0.15, 0.2) is 0 Å². The molecule has 4 N–H and O–H groups in total. The van der Waals surface area contributed by atoms with Crippen LogP contribution in [0.2, 0.25) is 0 Å². The monoisotopic (exact) mass is 398 g/mol. The number of hydrogen-bond acceptors (Lipinski definition) is 3. The molecule has 1 saturated carbocycles. The highest BCUT2D eigenvalue weighted by molar-refractivity contribution is 5.89. The maximum absolute atomic E-state index is 13.2. The molecule has 0 spiro atoms. The van der Waals surface area contributed by atoms with Crippen molar-refractivity contribution >= 4 is 30.0 Å². The maximum Gasteiger partial charge on any atom is 0.319 e. The van der Waals surface area contributed by atoms with E-state index in [1.807, 2.05) is 4.90 Å². The van der Waals surface area contributed by atoms with Crippen LogP contribution in [0.3, 0.4) is 0 Å². The van der Waals surface area contributed by atoms with Crippen LogP contribution in [0, 0.1) is 11.7 Å². The Balaban J connectivity index is 0.00000261. The molecule has 3 rings (SSSR count). The van der Waals surface area contributed by atoms with Crippen molar-refractivity contribution in [2.45, 2.75) is 44.1 Å². The second kappa shape index (κ2) is 9.37. The fourth-order valence-electron chi connectivity index (χ4n) is 3.93. The minimum Gasteiger partial charge on any atom is -0.341 e. The normalized spacial score (nSPS) is 21.3. The Kier molecular flexibility index (Phi) is 7.44. The predicted molar refractivity (Wildman–Crippen MR) is 105 cm³/mol. The number of piperidine rings is 1. The van der Waals surface area contributed by atoms with Gasteiger partial charge in [-0.1, -0.05) is 18.9 Å². The summed E-state index contributed by atoms with van der Waals surface area (Å²) in [5.74, 6) is -0.133. The summed E-state index contributed by atoms with van der Waals surface area (Å²) in [7, 11) is 0. The van der Waals surface area contributed by atoms with Crippen molar-refractivity contribution in [1.82, 2.24) is 10.2 Å². The van der Waals surface area contributed by atoms with E-state index in [4.69, 9.17) is 5.73 Å². The molecule has 1 unspecified atom stereocenters. The average molecular weight is 399 g/mol. The van der Waals surface area contributed by atoms with Crippen LogP contribution in [0.15, 0.2) is 24.3 Å². The van der Waals surface area contributed by atoms with Gasteiger partial charge in [-0.25, -0.2) is 9.18 Å². The number of anilines is 1. The van der Waals surface area contributed by atoms with Crippen molar-refractivity contribution in [3.05, 3.63) is 30.1 Å². The number of halogens is 2. The molecular formula is C19H28ClFN4O2. The van der Waals surface area contributed by atoms with Crippen molar-refractivity contribution in [2.24, 2.45) is 11.7 Å². The number of carbonyl (C=O) groups is 2. The zero-order valence-corrected chi connectivity index (χ0v) is 16.2. The third-order valence-electron chi connectivity index (χ3n) is 5.36. The first-order chi connectivity index (χ1) is 12.5. The first kappa shape index (κ1) is 21.4. The van der Waals surface area contributed by atoms with Crippen LogP contribution in [0.1, 0.15) is 38.5 Å². The van der Waals surface area contributed by atoms with Crippen LogP contribution in [-0.2, 0) is 4.79 Å². The molecule has 150 valence electrons. The zero-order chi connectivity index (χ0) is 18.6. The second-order valence-electron chi connectivity index (χ2n) is 7.47. The van der Waals surface area contributed by atoms with E-state index in [1.54, 1.807) is 12.1 Å². The number of likely N-dealkylation sites (tertiary alicyclic amines) is 1. The lowest BCUT2D eigenvalue weighted by molar-refractivity contribution is -0.138. The summed E-state index contributed by atoms with van der Waals surface area (Å²) in [6.07, 6.45) is 5.44. The zero-order valence-electron chi connectivity index (χ0n) is 15.4. The summed E-state index contributed by atoms with van der Waals surface area (Å²) in [4.78, 5) is 26.6. The Morgan fingerprint density at radius 2 is 2.00 bits per heavy atom. The number of rotatable bonds is 4. The highest BCUT2D eigenvalue weighted by Crippen LogP contribution is 2.30. The van der Waals surface area contributed by atoms with Gasteiger partial charge in [0.2, 0.25) is 5.91 Å². The fourth-order valence-corrected chi connectivity index (χ4v) is 3.93. The van der Waals surface area contributed by atoms with E-state index in [0.717, 1.165) is 45.1 Å². The second-order valence-corrected chi connectivity index (χ2v) is 7.47. The van der Waals surface area contributed by atoms with Crippen LogP contribution in [0.25, 0.3) is 0 Å². The molecule has 1 heterocycles. The predicted octanol–water partition coefficient (Wildman–Crippen LogP) is 2.88. The Labute approximate surface area is 165 Å². The largest absolute Gasteiger partial charge is 0.341 e. The number of nitrogens with one attached hydrogen (secondary N) is 2. The molecule has 2 fully saturated rings. The van der Waals surface area contributed by atoms with E-state index in [-0.39, 0.29) is 30.3 Å². The molecule has 8 heteroatoms. The molecule has 1 aliphatic heterocycles. The maximum atomic E-state index is 13.2. The molecule has 0 radical (unpaired) electrons. The highest BCUT2D eigenvalue weighted by Gasteiger charge is 2.40. The van der Waals surface area contributed by atoms with Crippen molar-refractivity contribution in [2.75, 3.05) is 25.0 Å². The Hall–Kier alpha value is -1.86. The van der Waals surface area contributed by atoms with Crippen LogP contribution in [-0.4, -0.2) is 42.0 Å². The molecule has 0 bridgehead atoms. The number of nitrogens with zero attached hydrogens (tertiary/aromatic N) is 1. The molecule has 6 nitrogen and oxygen atoms in total. The smallest absolute Gasteiger partial charge is 0.319 e. The average Bonchev–Trinajstić information content (AvgIpc) is 3.07. The lowest BCUT2D eigenvalue weighted by atomic mass is 9.92. The highest BCUT2D eigenvalue weighted by atomic mass is 35.5. The van der Waals surface area contributed by atoms with E-state index >= 15 is 0 Å². The number of amides is 3. The Bertz CT molecular complexity index is 667. The molecule has 1 aliphatic carbocycles. The third kappa shape index (κ3) is 5.56. The Morgan fingerprint density at radius 3 is 2.70 bits per heavy atom. The summed E-state index contributed by atoms with van der Waals surface area (Å²) in [5, 5.41) is 5.43. The topological polar surface area (TPSA) is 87.5 Å². The Morgan fingerprint density at radius 1 is 1.26 bits per heavy atom. The molecule has 0 aromatic heterocycles. The van der Waals surface area contributed by atoms with Gasteiger partial charge in [0.25, 0.3) is 0 Å². The number of carbonyl (C=O) groups excluding carboxylic acids is 2. The SMILES string of the molecule is Cl.NC1(C(=O)N2CCCC(CNC(=O)Nc3cccc(F)c3)C2)CCCC1. The van der Waals surface area contributed by atoms with Gasteiger partial charge in [-0.15, -0.1) is 12.4 Å². The quantitative estimate of drug-likeness (QED) is 0.728. The van der Waals surface area contributed by atoms with Crippen molar-refractivity contribution in [3.8, 4) is 0 Å². The number of urea groups is 1. The standard InChI is InChI=1S/C19H27FN4O2.ClH/c20-15-6-3-7-16(11-15)23-18(26)22-12-14-5-4-10-24(13-14)17(25)19(21)8-1-2-9-19;/h3,6-7,11,14H,1-2,4-5,8-10,12-13,21H2,(H2,22,23,26);1H. The molecule has 1 saturated heterocycles. The van der Waals surface area contributed by atoms with Gasteiger partial charge >= 0.3 is 6.03 Å². The summed E-state index contributed by atoms with van der Waals surface area (Å²) < 4.78 is 13.2. The van der Waals surface area contributed by atoms with E-state index < -0.39 is 11.4 Å². The van der Waals surface area contributed by atoms with E-state index in [2.05, 4.69) is 10.6 Å².